The van der Waals surface area contributed by atoms with Crippen molar-refractivity contribution in [1.29, 1.82) is 0 Å². The quantitative estimate of drug-likeness (QED) is 0.807. The van der Waals surface area contributed by atoms with Crippen molar-refractivity contribution in [2.45, 2.75) is 24.8 Å². The van der Waals surface area contributed by atoms with Crippen LogP contribution in [-0.4, -0.2) is 48.8 Å². The number of carbonyl (C=O) groups is 2. The molecule has 1 aliphatic heterocycles. The summed E-state index contributed by atoms with van der Waals surface area (Å²) in [7, 11) is 0. The summed E-state index contributed by atoms with van der Waals surface area (Å²) in [5.74, 6) is -0.308. The predicted molar refractivity (Wildman–Crippen MR) is 105 cm³/mol. The van der Waals surface area contributed by atoms with E-state index in [0.717, 1.165) is 0 Å². The molecule has 6 nitrogen and oxygen atoms in total. The lowest BCUT2D eigenvalue weighted by Gasteiger charge is -2.46. The lowest BCUT2D eigenvalue weighted by atomic mass is 9.88. The summed E-state index contributed by atoms with van der Waals surface area (Å²) in [6.45, 7) is 2.94. The third kappa shape index (κ3) is 3.36. The molecule has 1 heterocycles. The van der Waals surface area contributed by atoms with Crippen LogP contribution in [0.2, 0.25) is 0 Å². The Kier molecular flexibility index (Phi) is 4.81. The minimum atomic E-state index is -0.724. The molecule has 0 spiro atoms. The molecule has 1 saturated heterocycles. The zero-order valence-corrected chi connectivity index (χ0v) is 15.9. The second-order valence-corrected chi connectivity index (χ2v) is 7.50. The summed E-state index contributed by atoms with van der Waals surface area (Å²) in [6, 6.07) is 16.4. The molecule has 2 N–H and O–H groups in total. The highest BCUT2D eigenvalue weighted by Crippen LogP contribution is 2.44. The van der Waals surface area contributed by atoms with E-state index in [9.17, 15) is 9.59 Å². The Balaban J connectivity index is 1.37. The second-order valence-electron chi connectivity index (χ2n) is 7.50. The third-order valence-corrected chi connectivity index (χ3v) is 5.41. The highest BCUT2D eigenvalue weighted by Gasteiger charge is 2.45. The fraction of sp³-hybridized carbons (Fsp3) is 0.364. The van der Waals surface area contributed by atoms with Crippen LogP contribution >= 0.6 is 0 Å². The van der Waals surface area contributed by atoms with Crippen molar-refractivity contribution in [3.05, 3.63) is 59.7 Å². The Morgan fingerprint density at radius 3 is 2.18 bits per heavy atom. The maximum absolute atomic E-state index is 12.4. The first-order valence-corrected chi connectivity index (χ1v) is 9.55. The molecule has 2 aromatic rings. The summed E-state index contributed by atoms with van der Waals surface area (Å²) >= 11 is 0. The van der Waals surface area contributed by atoms with Gasteiger partial charge in [-0.2, -0.15) is 0 Å². The van der Waals surface area contributed by atoms with E-state index in [0.29, 0.717) is 19.7 Å². The molecule has 0 radical (unpaired) electrons. The number of amides is 1. The highest BCUT2D eigenvalue weighted by molar-refractivity contribution is 5.79. The van der Waals surface area contributed by atoms with Gasteiger partial charge in [0.05, 0.1) is 18.6 Å². The Hall–Kier alpha value is -2.86. The molecule has 1 fully saturated rings. The van der Waals surface area contributed by atoms with Gasteiger partial charge in [0.1, 0.15) is 6.61 Å². The molecule has 0 bridgehead atoms. The summed E-state index contributed by atoms with van der Waals surface area (Å²) in [4.78, 5) is 25.6. The second kappa shape index (κ2) is 7.28. The number of esters is 1. The largest absolute Gasteiger partial charge is 0.466 e. The number of nitrogens with zero attached hydrogens (tertiary/aromatic N) is 1. The number of ether oxygens (including phenoxy) is 2. The SMILES string of the molecule is CCOC(=O)CC1(N)CN(C(=O)OCC2c3ccccc3-c3ccccc32)C1. The van der Waals surface area contributed by atoms with E-state index >= 15 is 0 Å². The predicted octanol–water partition coefficient (Wildman–Crippen LogP) is 2.90. The van der Waals surface area contributed by atoms with Crippen LogP contribution in [0.5, 0.6) is 0 Å². The number of carbonyl (C=O) groups excluding carboxylic acids is 2. The number of fused-ring (bicyclic) bond motifs is 3. The molecule has 1 aliphatic carbocycles. The molecule has 1 amide bonds. The molecule has 0 saturated carbocycles. The zero-order valence-electron chi connectivity index (χ0n) is 15.9. The topological polar surface area (TPSA) is 81.9 Å². The zero-order chi connectivity index (χ0) is 19.7. The maximum atomic E-state index is 12.4. The molecule has 0 atom stereocenters. The van der Waals surface area contributed by atoms with E-state index in [1.54, 1.807) is 6.92 Å². The summed E-state index contributed by atoms with van der Waals surface area (Å²) < 4.78 is 10.5. The van der Waals surface area contributed by atoms with Gasteiger partial charge in [0, 0.05) is 19.0 Å². The Labute approximate surface area is 164 Å². The van der Waals surface area contributed by atoms with Crippen LogP contribution < -0.4 is 5.73 Å². The van der Waals surface area contributed by atoms with Gasteiger partial charge in [0.15, 0.2) is 0 Å². The Morgan fingerprint density at radius 1 is 1.04 bits per heavy atom. The average molecular weight is 380 g/mol. The van der Waals surface area contributed by atoms with Crippen molar-refractivity contribution in [3.8, 4) is 11.1 Å². The van der Waals surface area contributed by atoms with Crippen molar-refractivity contribution in [2.75, 3.05) is 26.3 Å². The number of hydrogen-bond acceptors (Lipinski definition) is 5. The smallest absolute Gasteiger partial charge is 0.409 e. The normalized spacial score (nSPS) is 16.7. The van der Waals surface area contributed by atoms with Gasteiger partial charge in [0.2, 0.25) is 0 Å². The van der Waals surface area contributed by atoms with Crippen LogP contribution in [0.3, 0.4) is 0 Å². The van der Waals surface area contributed by atoms with Gasteiger partial charge < -0.3 is 20.1 Å². The van der Waals surface area contributed by atoms with Crippen molar-refractivity contribution in [2.24, 2.45) is 5.73 Å². The lowest BCUT2D eigenvalue weighted by molar-refractivity contribution is -0.146. The molecule has 2 aromatic carbocycles. The summed E-state index contributed by atoms with van der Waals surface area (Å²) in [5.41, 5.74) is 10.2. The van der Waals surface area contributed by atoms with Gasteiger partial charge in [-0.15, -0.1) is 0 Å². The first kappa shape index (κ1) is 18.5. The van der Waals surface area contributed by atoms with Crippen LogP contribution in [0.1, 0.15) is 30.4 Å². The van der Waals surface area contributed by atoms with Crippen LogP contribution in [0.15, 0.2) is 48.5 Å². The lowest BCUT2D eigenvalue weighted by Crippen LogP contribution is -2.69. The number of likely N-dealkylation sites (tertiary alicyclic amines) is 1. The first-order valence-electron chi connectivity index (χ1n) is 9.55. The number of benzene rings is 2. The molecule has 28 heavy (non-hydrogen) atoms. The van der Waals surface area contributed by atoms with Crippen molar-refractivity contribution < 1.29 is 19.1 Å². The van der Waals surface area contributed by atoms with E-state index in [4.69, 9.17) is 15.2 Å². The van der Waals surface area contributed by atoms with Crippen molar-refractivity contribution >= 4 is 12.1 Å². The summed E-state index contributed by atoms with van der Waals surface area (Å²) in [5, 5.41) is 0. The first-order chi connectivity index (χ1) is 13.5. The fourth-order valence-electron chi connectivity index (χ4n) is 4.14. The monoisotopic (exact) mass is 380 g/mol. The molecule has 146 valence electrons. The van der Waals surface area contributed by atoms with Crippen molar-refractivity contribution in [1.82, 2.24) is 4.90 Å². The van der Waals surface area contributed by atoms with Gasteiger partial charge in [0.25, 0.3) is 0 Å². The highest BCUT2D eigenvalue weighted by atomic mass is 16.6. The van der Waals surface area contributed by atoms with Gasteiger partial charge in [-0.05, 0) is 29.2 Å². The van der Waals surface area contributed by atoms with Crippen LogP contribution in [0, 0.1) is 0 Å². The average Bonchev–Trinajstić information content (AvgIpc) is 2.98. The van der Waals surface area contributed by atoms with Gasteiger partial charge >= 0.3 is 12.1 Å². The van der Waals surface area contributed by atoms with E-state index in [2.05, 4.69) is 24.3 Å². The molecular weight excluding hydrogens is 356 g/mol. The third-order valence-electron chi connectivity index (χ3n) is 5.41. The molecule has 6 heteroatoms. The molecule has 0 unspecified atom stereocenters. The van der Waals surface area contributed by atoms with Crippen LogP contribution in [0.4, 0.5) is 4.79 Å². The van der Waals surface area contributed by atoms with Crippen LogP contribution in [0.25, 0.3) is 11.1 Å². The number of rotatable bonds is 5. The van der Waals surface area contributed by atoms with Crippen molar-refractivity contribution in [3.63, 3.8) is 0 Å². The van der Waals surface area contributed by atoms with E-state index < -0.39 is 11.6 Å². The molecule has 0 aromatic heterocycles. The summed E-state index contributed by atoms with van der Waals surface area (Å²) in [6.07, 6.45) is -0.291. The van der Waals surface area contributed by atoms with Crippen LogP contribution in [-0.2, 0) is 14.3 Å². The maximum Gasteiger partial charge on any atom is 0.409 e. The number of hydrogen-bond donors (Lipinski definition) is 1. The molecular formula is C22H24N2O4. The van der Waals surface area contributed by atoms with E-state index in [-0.39, 0.29) is 24.9 Å². The van der Waals surface area contributed by atoms with Gasteiger partial charge in [-0.25, -0.2) is 4.79 Å². The Morgan fingerprint density at radius 2 is 1.61 bits per heavy atom. The van der Waals surface area contributed by atoms with E-state index in [1.807, 2.05) is 24.3 Å². The van der Waals surface area contributed by atoms with Gasteiger partial charge in [-0.3, -0.25) is 4.79 Å². The Bertz CT molecular complexity index is 859. The van der Waals surface area contributed by atoms with E-state index in [1.165, 1.54) is 27.2 Å². The standard InChI is InChI=1S/C22H24N2O4/c1-2-27-20(25)11-22(23)13-24(14-22)21(26)28-12-19-17-9-5-3-7-15(17)16-8-4-6-10-18(16)19/h3-10,19H,2,11-14,23H2,1H3. The van der Waals surface area contributed by atoms with Gasteiger partial charge in [-0.1, -0.05) is 48.5 Å². The fourth-order valence-corrected chi connectivity index (χ4v) is 4.14. The minimum Gasteiger partial charge on any atom is -0.466 e. The minimum absolute atomic E-state index is 0.0276. The molecule has 2 aliphatic rings. The number of nitrogens with two attached hydrogens (primary N) is 1. The molecule has 4 rings (SSSR count).